The van der Waals surface area contributed by atoms with Crippen LogP contribution in [0, 0.1) is 0 Å². The number of rotatable bonds is 5. The Labute approximate surface area is 141 Å². The number of hydrogen-bond acceptors (Lipinski definition) is 4. The number of H-pyrrole nitrogens is 1. The highest BCUT2D eigenvalue weighted by atomic mass is 16.2. The normalized spacial score (nSPS) is 18.1. The zero-order valence-electron chi connectivity index (χ0n) is 13.9. The lowest BCUT2D eigenvalue weighted by Crippen LogP contribution is -2.33. The van der Waals surface area contributed by atoms with Crippen LogP contribution in [-0.4, -0.2) is 55.1 Å². The predicted molar refractivity (Wildman–Crippen MR) is 89.1 cm³/mol. The van der Waals surface area contributed by atoms with Gasteiger partial charge in [0.1, 0.15) is 5.82 Å². The zero-order chi connectivity index (χ0) is 16.4. The molecule has 4 rings (SSSR count). The van der Waals surface area contributed by atoms with E-state index in [2.05, 4.69) is 30.7 Å². The molecule has 0 bridgehead atoms. The minimum atomic E-state index is 0.276. The maximum absolute atomic E-state index is 12.2. The van der Waals surface area contributed by atoms with Crippen LogP contribution in [0.5, 0.6) is 0 Å². The molecule has 1 fully saturated rings. The fourth-order valence-corrected chi connectivity index (χ4v) is 3.59. The van der Waals surface area contributed by atoms with E-state index in [1.54, 1.807) is 6.20 Å². The maximum atomic E-state index is 12.2. The van der Waals surface area contributed by atoms with Crippen molar-refractivity contribution in [3.63, 3.8) is 0 Å². The van der Waals surface area contributed by atoms with Crippen LogP contribution in [0.3, 0.4) is 0 Å². The first kappa shape index (κ1) is 15.4. The molecule has 1 saturated heterocycles. The van der Waals surface area contributed by atoms with E-state index in [9.17, 15) is 4.79 Å². The van der Waals surface area contributed by atoms with Gasteiger partial charge in [-0.05, 0) is 18.9 Å². The molecule has 1 amide bonds. The highest BCUT2D eigenvalue weighted by Crippen LogP contribution is 2.17. The molecule has 0 atom stereocenters. The van der Waals surface area contributed by atoms with E-state index in [1.165, 1.54) is 5.69 Å². The zero-order valence-corrected chi connectivity index (χ0v) is 13.9. The molecule has 0 aromatic carbocycles. The van der Waals surface area contributed by atoms with Gasteiger partial charge in [-0.3, -0.25) is 14.4 Å². The second kappa shape index (κ2) is 6.76. The van der Waals surface area contributed by atoms with E-state index < -0.39 is 0 Å². The van der Waals surface area contributed by atoms with Crippen LogP contribution in [0.2, 0.25) is 0 Å². The average molecular weight is 328 g/mol. The van der Waals surface area contributed by atoms with Gasteiger partial charge in [-0.15, -0.1) is 0 Å². The molecule has 2 aromatic heterocycles. The molecule has 0 unspecified atom stereocenters. The second-order valence-corrected chi connectivity index (χ2v) is 6.68. The number of likely N-dealkylation sites (tertiary alicyclic amines) is 1. The lowest BCUT2D eigenvalue weighted by atomic mass is 10.2. The van der Waals surface area contributed by atoms with Crippen molar-refractivity contribution < 1.29 is 4.79 Å². The van der Waals surface area contributed by atoms with E-state index in [0.29, 0.717) is 6.42 Å². The number of nitrogens with zero attached hydrogens (tertiary/aromatic N) is 5. The Bertz CT molecular complexity index is 686. The molecular formula is C17H24N6O. The standard InChI is InChI=1S/C17H24N6O/c24-17(22-7-1-2-8-22)4-3-14-11-15-12-21(9-10-23(15)20-14)13-16-18-5-6-19-16/h5-6,11H,1-4,7-10,12-13H2,(H,18,19). The Morgan fingerprint density at radius 2 is 2.08 bits per heavy atom. The van der Waals surface area contributed by atoms with Gasteiger partial charge in [0.25, 0.3) is 0 Å². The SMILES string of the molecule is O=C(CCc1cc2n(n1)CCN(Cc1ncc[nH]1)C2)N1CCCC1. The van der Waals surface area contributed by atoms with Crippen LogP contribution < -0.4 is 0 Å². The Morgan fingerprint density at radius 3 is 2.88 bits per heavy atom. The molecule has 0 aliphatic carbocycles. The third-order valence-corrected chi connectivity index (χ3v) is 4.91. The summed E-state index contributed by atoms with van der Waals surface area (Å²) in [5.74, 6) is 1.28. The summed E-state index contributed by atoms with van der Waals surface area (Å²) in [6.07, 6.45) is 7.27. The Kier molecular flexibility index (Phi) is 4.34. The van der Waals surface area contributed by atoms with Gasteiger partial charge in [0.15, 0.2) is 0 Å². The summed E-state index contributed by atoms with van der Waals surface area (Å²) in [6, 6.07) is 2.16. The van der Waals surface area contributed by atoms with Gasteiger partial charge < -0.3 is 9.88 Å². The molecule has 0 spiro atoms. The van der Waals surface area contributed by atoms with Crippen molar-refractivity contribution >= 4 is 5.91 Å². The van der Waals surface area contributed by atoms with Crippen LogP contribution in [0.15, 0.2) is 18.5 Å². The third kappa shape index (κ3) is 3.36. The monoisotopic (exact) mass is 328 g/mol. The molecule has 4 heterocycles. The van der Waals surface area contributed by atoms with Crippen LogP contribution in [0.1, 0.15) is 36.5 Å². The number of aryl methyl sites for hydroxylation is 1. The minimum Gasteiger partial charge on any atom is -0.348 e. The number of aromatic nitrogens is 4. The molecule has 7 heteroatoms. The van der Waals surface area contributed by atoms with Crippen molar-refractivity contribution in [3.8, 4) is 0 Å². The van der Waals surface area contributed by atoms with Gasteiger partial charge >= 0.3 is 0 Å². The first-order valence-corrected chi connectivity index (χ1v) is 8.82. The number of carbonyl (C=O) groups is 1. The number of fused-ring (bicyclic) bond motifs is 1. The smallest absolute Gasteiger partial charge is 0.222 e. The van der Waals surface area contributed by atoms with Crippen LogP contribution in [-0.2, 0) is 30.8 Å². The number of hydrogen-bond donors (Lipinski definition) is 1. The molecule has 2 aromatic rings. The molecular weight excluding hydrogens is 304 g/mol. The summed E-state index contributed by atoms with van der Waals surface area (Å²) in [6.45, 7) is 5.45. The number of imidazole rings is 1. The molecule has 2 aliphatic rings. The van der Waals surface area contributed by atoms with Crippen molar-refractivity contribution in [2.24, 2.45) is 0 Å². The van der Waals surface area contributed by atoms with Crippen molar-refractivity contribution in [1.82, 2.24) is 29.5 Å². The fourth-order valence-electron chi connectivity index (χ4n) is 3.59. The Morgan fingerprint density at radius 1 is 1.21 bits per heavy atom. The van der Waals surface area contributed by atoms with Crippen molar-refractivity contribution in [2.45, 2.75) is 45.3 Å². The van der Waals surface area contributed by atoms with Gasteiger partial charge in [0.2, 0.25) is 5.91 Å². The number of amides is 1. The van der Waals surface area contributed by atoms with E-state index >= 15 is 0 Å². The third-order valence-electron chi connectivity index (χ3n) is 4.91. The fraction of sp³-hybridized carbons (Fsp3) is 0.588. The summed E-state index contributed by atoms with van der Waals surface area (Å²) in [5, 5.41) is 4.68. The lowest BCUT2D eigenvalue weighted by molar-refractivity contribution is -0.130. The Balaban J connectivity index is 1.33. The van der Waals surface area contributed by atoms with Gasteiger partial charge in [-0.2, -0.15) is 5.10 Å². The molecule has 2 aliphatic heterocycles. The van der Waals surface area contributed by atoms with Crippen LogP contribution in [0.4, 0.5) is 0 Å². The second-order valence-electron chi connectivity index (χ2n) is 6.68. The van der Waals surface area contributed by atoms with E-state index in [-0.39, 0.29) is 5.91 Å². The summed E-state index contributed by atoms with van der Waals surface area (Å²) in [4.78, 5) is 24.0. The average Bonchev–Trinajstić information content (AvgIpc) is 3.33. The van der Waals surface area contributed by atoms with Gasteiger partial charge in [0.05, 0.1) is 24.5 Å². The maximum Gasteiger partial charge on any atom is 0.222 e. The highest BCUT2D eigenvalue weighted by Gasteiger charge is 2.21. The quantitative estimate of drug-likeness (QED) is 0.895. The summed E-state index contributed by atoms with van der Waals surface area (Å²) in [7, 11) is 0. The van der Waals surface area contributed by atoms with Crippen molar-refractivity contribution in [2.75, 3.05) is 19.6 Å². The van der Waals surface area contributed by atoms with Crippen molar-refractivity contribution in [1.29, 1.82) is 0 Å². The first-order valence-electron chi connectivity index (χ1n) is 8.82. The first-order chi connectivity index (χ1) is 11.8. The van der Waals surface area contributed by atoms with Gasteiger partial charge in [0, 0.05) is 51.4 Å². The predicted octanol–water partition coefficient (Wildman–Crippen LogP) is 1.18. The molecule has 0 saturated carbocycles. The van der Waals surface area contributed by atoms with Gasteiger partial charge in [-0.1, -0.05) is 0 Å². The number of carbonyl (C=O) groups excluding carboxylic acids is 1. The highest BCUT2D eigenvalue weighted by molar-refractivity contribution is 5.76. The topological polar surface area (TPSA) is 70.0 Å². The summed E-state index contributed by atoms with van der Waals surface area (Å²) in [5.41, 5.74) is 2.27. The van der Waals surface area contributed by atoms with Crippen molar-refractivity contribution in [3.05, 3.63) is 35.7 Å². The van der Waals surface area contributed by atoms with E-state index in [1.807, 2.05) is 11.1 Å². The number of nitrogens with one attached hydrogen (secondary N) is 1. The van der Waals surface area contributed by atoms with E-state index in [4.69, 9.17) is 0 Å². The molecule has 24 heavy (non-hydrogen) atoms. The Hall–Kier alpha value is -2.15. The molecule has 1 N–H and O–H groups in total. The van der Waals surface area contributed by atoms with Crippen LogP contribution in [0.25, 0.3) is 0 Å². The summed E-state index contributed by atoms with van der Waals surface area (Å²) >= 11 is 0. The lowest BCUT2D eigenvalue weighted by Gasteiger charge is -2.26. The number of aromatic amines is 1. The van der Waals surface area contributed by atoms with Crippen LogP contribution >= 0.6 is 0 Å². The van der Waals surface area contributed by atoms with E-state index in [0.717, 1.165) is 70.0 Å². The molecule has 0 radical (unpaired) electrons. The molecule has 128 valence electrons. The van der Waals surface area contributed by atoms with Gasteiger partial charge in [-0.25, -0.2) is 4.98 Å². The molecule has 7 nitrogen and oxygen atoms in total. The summed E-state index contributed by atoms with van der Waals surface area (Å²) < 4.78 is 2.09. The minimum absolute atomic E-state index is 0.276. The largest absolute Gasteiger partial charge is 0.348 e.